The van der Waals surface area contributed by atoms with Crippen LogP contribution in [0.15, 0.2) is 224 Å². The summed E-state index contributed by atoms with van der Waals surface area (Å²) in [6, 6.07) is 81.8. The van der Waals surface area contributed by atoms with Gasteiger partial charge in [0.15, 0.2) is 0 Å². The topological polar surface area (TPSA) is 13.1 Å². The molecule has 2 heterocycles. The zero-order valence-corrected chi connectivity index (χ0v) is 32.2. The van der Waals surface area contributed by atoms with E-state index in [0.29, 0.717) is 0 Å². The minimum Gasteiger partial charge on any atom is -0.309 e. The van der Waals surface area contributed by atoms with Crippen molar-refractivity contribution in [1.82, 2.24) is 9.13 Å². The summed E-state index contributed by atoms with van der Waals surface area (Å²) in [5.41, 5.74) is 12.7. The number of hydrogen-bond donors (Lipinski definition) is 0. The third kappa shape index (κ3) is 5.22. The van der Waals surface area contributed by atoms with Crippen molar-refractivity contribution in [3.63, 3.8) is 0 Å². The highest BCUT2D eigenvalue weighted by Gasteiger charge is 2.23. The fourth-order valence-electron chi connectivity index (χ4n) is 9.50. The molecule has 0 amide bonds. The Kier molecular flexibility index (Phi) is 7.54. The Labute approximate surface area is 341 Å². The average molecular weight is 752 g/mol. The Morgan fingerprint density at radius 3 is 1.63 bits per heavy atom. The van der Waals surface area contributed by atoms with E-state index in [2.05, 4.69) is 238 Å². The molecule has 0 N–H and O–H groups in total. The van der Waals surface area contributed by atoms with E-state index in [1.165, 1.54) is 70.7 Å². The number of nitrogens with zero attached hydrogens (tertiary/aromatic N) is 3. The minimum absolute atomic E-state index is 1.09. The molecule has 0 saturated heterocycles. The van der Waals surface area contributed by atoms with E-state index in [4.69, 9.17) is 0 Å². The minimum atomic E-state index is 1.09. The van der Waals surface area contributed by atoms with Crippen molar-refractivity contribution in [3.8, 4) is 22.5 Å². The SMILES string of the molecule is c1ccc(-n2c3ccccc3c3ccc(-c4cccc(N(c5cccc6c5ccc5ccccc56)c5cccc6c5c5ccccc5n6-c5ccccc5)c4)cc32)cc1. The van der Waals surface area contributed by atoms with Crippen LogP contribution in [-0.4, -0.2) is 9.13 Å². The molecule has 0 aliphatic heterocycles. The van der Waals surface area contributed by atoms with Crippen LogP contribution >= 0.6 is 0 Å². The molecule has 0 unspecified atom stereocenters. The molecule has 0 aliphatic carbocycles. The van der Waals surface area contributed by atoms with E-state index in [-0.39, 0.29) is 0 Å². The lowest BCUT2D eigenvalue weighted by molar-refractivity contribution is 1.18. The van der Waals surface area contributed by atoms with Crippen molar-refractivity contribution in [2.45, 2.75) is 0 Å². The van der Waals surface area contributed by atoms with Crippen molar-refractivity contribution < 1.29 is 0 Å². The second-order valence-corrected chi connectivity index (χ2v) is 15.3. The average Bonchev–Trinajstić information content (AvgIpc) is 3.83. The number of benzene rings is 10. The highest BCUT2D eigenvalue weighted by atomic mass is 15.1. The summed E-state index contributed by atoms with van der Waals surface area (Å²) in [4.78, 5) is 2.49. The van der Waals surface area contributed by atoms with Crippen molar-refractivity contribution in [2.75, 3.05) is 4.90 Å². The maximum Gasteiger partial charge on any atom is 0.0562 e. The third-order valence-corrected chi connectivity index (χ3v) is 12.1. The van der Waals surface area contributed by atoms with E-state index in [0.717, 1.165) is 34.0 Å². The molecule has 3 nitrogen and oxygen atoms in total. The van der Waals surface area contributed by atoms with Gasteiger partial charge in [-0.25, -0.2) is 0 Å². The van der Waals surface area contributed by atoms with Gasteiger partial charge in [-0.1, -0.05) is 152 Å². The summed E-state index contributed by atoms with van der Waals surface area (Å²) in [6.45, 7) is 0. The first-order valence-corrected chi connectivity index (χ1v) is 20.3. The lowest BCUT2D eigenvalue weighted by Crippen LogP contribution is -2.11. The smallest absolute Gasteiger partial charge is 0.0562 e. The normalized spacial score (nSPS) is 11.7. The summed E-state index contributed by atoms with van der Waals surface area (Å²) in [5, 5.41) is 9.86. The largest absolute Gasteiger partial charge is 0.309 e. The number of fused-ring (bicyclic) bond motifs is 9. The predicted molar refractivity (Wildman–Crippen MR) is 250 cm³/mol. The summed E-state index contributed by atoms with van der Waals surface area (Å²) in [6.07, 6.45) is 0. The summed E-state index contributed by atoms with van der Waals surface area (Å²) in [5.74, 6) is 0. The number of aromatic nitrogens is 2. The molecule has 0 bridgehead atoms. The molecular weight excluding hydrogens is 715 g/mol. The number of hydrogen-bond acceptors (Lipinski definition) is 1. The molecule has 2 aromatic heterocycles. The lowest BCUT2D eigenvalue weighted by atomic mass is 9.98. The summed E-state index contributed by atoms with van der Waals surface area (Å²) >= 11 is 0. The highest BCUT2D eigenvalue weighted by molar-refractivity contribution is 6.19. The molecule has 0 fully saturated rings. The number of anilines is 3. The molecule has 10 aromatic carbocycles. The van der Waals surface area contributed by atoms with Gasteiger partial charge in [0.2, 0.25) is 0 Å². The molecule has 0 radical (unpaired) electrons. The molecule has 276 valence electrons. The van der Waals surface area contributed by atoms with Crippen molar-refractivity contribution in [3.05, 3.63) is 224 Å². The van der Waals surface area contributed by atoms with E-state index >= 15 is 0 Å². The monoisotopic (exact) mass is 751 g/mol. The van der Waals surface area contributed by atoms with Crippen LogP contribution in [0.1, 0.15) is 0 Å². The summed E-state index contributed by atoms with van der Waals surface area (Å²) in [7, 11) is 0. The molecular formula is C56H37N3. The van der Waals surface area contributed by atoms with Gasteiger partial charge in [0, 0.05) is 44.0 Å². The van der Waals surface area contributed by atoms with Gasteiger partial charge in [0.05, 0.1) is 33.4 Å². The van der Waals surface area contributed by atoms with Crippen LogP contribution in [0.3, 0.4) is 0 Å². The van der Waals surface area contributed by atoms with E-state index in [1.807, 2.05) is 0 Å². The lowest BCUT2D eigenvalue weighted by Gasteiger charge is -2.28. The first-order valence-electron chi connectivity index (χ1n) is 20.3. The van der Waals surface area contributed by atoms with Gasteiger partial charge in [0.1, 0.15) is 0 Å². The molecule has 12 rings (SSSR count). The predicted octanol–water partition coefficient (Wildman–Crippen LogP) is 15.3. The van der Waals surface area contributed by atoms with Crippen LogP contribution in [0.2, 0.25) is 0 Å². The number of rotatable bonds is 6. The van der Waals surface area contributed by atoms with Gasteiger partial charge >= 0.3 is 0 Å². The van der Waals surface area contributed by atoms with Crippen LogP contribution in [0.4, 0.5) is 17.1 Å². The standard InChI is InChI=1S/C56H37N3/c1-3-18-41(19-4-1)57-52-28-12-10-25-49(52)56-53(57)30-15-31-54(56)59(51-29-14-26-45-44-23-8-7-16-38(44)32-34-47(45)51)43-22-13-17-39(36-43)40-33-35-48-46-24-9-11-27-50(46)58(55(48)37-40)42-20-5-2-6-21-42/h1-37H. The van der Waals surface area contributed by atoms with Crippen molar-refractivity contribution in [1.29, 1.82) is 0 Å². The molecule has 0 spiro atoms. The Hall–Kier alpha value is -7.88. The first kappa shape index (κ1) is 33.3. The Bertz CT molecular complexity index is 3560. The molecule has 59 heavy (non-hydrogen) atoms. The Morgan fingerprint density at radius 1 is 0.288 bits per heavy atom. The van der Waals surface area contributed by atoms with Gasteiger partial charge in [0.25, 0.3) is 0 Å². The highest BCUT2D eigenvalue weighted by Crippen LogP contribution is 2.47. The Balaban J connectivity index is 1.12. The molecule has 0 atom stereocenters. The van der Waals surface area contributed by atoms with Crippen LogP contribution < -0.4 is 4.90 Å². The van der Waals surface area contributed by atoms with Crippen LogP contribution in [0, 0.1) is 0 Å². The first-order chi connectivity index (χ1) is 29.3. The fourth-order valence-corrected chi connectivity index (χ4v) is 9.50. The zero-order chi connectivity index (χ0) is 38.9. The second kappa shape index (κ2) is 13.4. The van der Waals surface area contributed by atoms with Crippen molar-refractivity contribution >= 4 is 82.2 Å². The maximum atomic E-state index is 2.49. The quantitative estimate of drug-likeness (QED) is 0.154. The van der Waals surface area contributed by atoms with Crippen LogP contribution in [0.5, 0.6) is 0 Å². The third-order valence-electron chi connectivity index (χ3n) is 12.1. The molecule has 12 aromatic rings. The van der Waals surface area contributed by atoms with Gasteiger partial charge in [-0.2, -0.15) is 0 Å². The van der Waals surface area contributed by atoms with Crippen LogP contribution in [0.25, 0.3) is 87.7 Å². The van der Waals surface area contributed by atoms with Crippen molar-refractivity contribution in [2.24, 2.45) is 0 Å². The molecule has 3 heteroatoms. The van der Waals surface area contributed by atoms with Gasteiger partial charge in [-0.3, -0.25) is 0 Å². The zero-order valence-electron chi connectivity index (χ0n) is 32.2. The van der Waals surface area contributed by atoms with Gasteiger partial charge < -0.3 is 14.0 Å². The molecule has 0 saturated carbocycles. The number of para-hydroxylation sites is 4. The van der Waals surface area contributed by atoms with E-state index in [1.54, 1.807) is 0 Å². The fraction of sp³-hybridized carbons (Fsp3) is 0. The van der Waals surface area contributed by atoms with E-state index < -0.39 is 0 Å². The van der Waals surface area contributed by atoms with E-state index in [9.17, 15) is 0 Å². The van der Waals surface area contributed by atoms with Crippen LogP contribution in [-0.2, 0) is 0 Å². The van der Waals surface area contributed by atoms with Gasteiger partial charge in [-0.15, -0.1) is 0 Å². The summed E-state index contributed by atoms with van der Waals surface area (Å²) < 4.78 is 4.80. The molecule has 0 aliphatic rings. The Morgan fingerprint density at radius 2 is 0.831 bits per heavy atom. The maximum absolute atomic E-state index is 2.49. The second-order valence-electron chi connectivity index (χ2n) is 15.3. The van der Waals surface area contributed by atoms with Gasteiger partial charge in [-0.05, 0) is 100 Å².